The van der Waals surface area contributed by atoms with Gasteiger partial charge in [-0.1, -0.05) is 13.3 Å². The highest BCUT2D eigenvalue weighted by Crippen LogP contribution is 2.22. The molecule has 9 nitrogen and oxygen atoms in total. The molecule has 0 bridgehead atoms. The van der Waals surface area contributed by atoms with E-state index in [9.17, 15) is 28.1 Å². The average molecular weight is 420 g/mol. The number of hydrogen-bond donors (Lipinski definition) is 1. The van der Waals surface area contributed by atoms with Gasteiger partial charge in [0.1, 0.15) is 0 Å². The molecule has 0 heterocycles. The number of sulfone groups is 1. The van der Waals surface area contributed by atoms with E-state index in [1.165, 1.54) is 24.3 Å². The van der Waals surface area contributed by atoms with Gasteiger partial charge in [0.05, 0.1) is 22.0 Å². The summed E-state index contributed by atoms with van der Waals surface area (Å²) < 4.78 is 28.6. The number of esters is 1. The molecule has 0 aliphatic heterocycles. The van der Waals surface area contributed by atoms with Gasteiger partial charge in [-0.25, -0.2) is 13.2 Å². The van der Waals surface area contributed by atoms with Gasteiger partial charge in [-0.3, -0.25) is 14.9 Å². The number of unbranched alkanes of at least 4 members (excludes halogenated alkanes) is 1. The molecule has 0 atom stereocenters. The lowest BCUT2D eigenvalue weighted by atomic mass is 10.1. The molecule has 0 saturated heterocycles. The molecule has 2 rings (SSSR count). The maximum atomic E-state index is 12.4. The Morgan fingerprint density at radius 2 is 1.76 bits per heavy atom. The topological polar surface area (TPSA) is 133 Å². The van der Waals surface area contributed by atoms with Gasteiger partial charge in [-0.05, 0) is 36.8 Å². The van der Waals surface area contributed by atoms with Crippen LogP contribution in [-0.2, 0) is 14.6 Å². The van der Waals surface area contributed by atoms with Crippen molar-refractivity contribution in [2.45, 2.75) is 24.7 Å². The Labute approximate surface area is 167 Å². The number of anilines is 1. The first-order valence-corrected chi connectivity index (χ1v) is 10.6. The third kappa shape index (κ3) is 6.11. The molecule has 2 aromatic carbocycles. The molecule has 10 heteroatoms. The van der Waals surface area contributed by atoms with Crippen LogP contribution < -0.4 is 5.32 Å². The number of carbonyl (C=O) groups is 2. The zero-order valence-electron chi connectivity index (χ0n) is 15.9. The van der Waals surface area contributed by atoms with Crippen LogP contribution in [0, 0.1) is 10.1 Å². The van der Waals surface area contributed by atoms with Gasteiger partial charge in [0.2, 0.25) is 0 Å². The van der Waals surface area contributed by atoms with Crippen LogP contribution >= 0.6 is 0 Å². The Balaban J connectivity index is 2.19. The maximum absolute atomic E-state index is 12.4. The van der Waals surface area contributed by atoms with Crippen LogP contribution in [0.3, 0.4) is 0 Å². The maximum Gasteiger partial charge on any atom is 0.338 e. The van der Waals surface area contributed by atoms with Crippen LogP contribution in [0.2, 0.25) is 0 Å². The Morgan fingerprint density at radius 1 is 1.10 bits per heavy atom. The number of nitro groups is 1. The standard InChI is InChI=1S/C19H20N2O7S/c1-3-4-9-28-19(23)13-5-7-15(8-6-13)20-18(22)14-10-16(21(24)25)12-17(11-14)29(2,26)27/h5-8,10-12H,3-4,9H2,1-2H3,(H,20,22). The van der Waals surface area contributed by atoms with Gasteiger partial charge in [0.25, 0.3) is 11.6 Å². The van der Waals surface area contributed by atoms with Gasteiger partial charge in [0, 0.05) is 29.6 Å². The van der Waals surface area contributed by atoms with Crippen LogP contribution in [0.5, 0.6) is 0 Å². The van der Waals surface area contributed by atoms with Crippen molar-refractivity contribution in [1.82, 2.24) is 0 Å². The second-order valence-electron chi connectivity index (χ2n) is 6.27. The first kappa shape index (κ1) is 22.0. The summed E-state index contributed by atoms with van der Waals surface area (Å²) in [7, 11) is -3.75. The number of hydrogen-bond acceptors (Lipinski definition) is 7. The van der Waals surface area contributed by atoms with E-state index in [2.05, 4.69) is 5.32 Å². The molecule has 29 heavy (non-hydrogen) atoms. The van der Waals surface area contributed by atoms with Gasteiger partial charge >= 0.3 is 5.97 Å². The lowest BCUT2D eigenvalue weighted by Gasteiger charge is -2.08. The summed E-state index contributed by atoms with van der Waals surface area (Å²) >= 11 is 0. The van der Waals surface area contributed by atoms with Gasteiger partial charge in [-0.2, -0.15) is 0 Å². The lowest BCUT2D eigenvalue weighted by molar-refractivity contribution is -0.385. The van der Waals surface area contributed by atoms with E-state index in [1.54, 1.807) is 0 Å². The second kappa shape index (κ2) is 9.28. The minimum Gasteiger partial charge on any atom is -0.462 e. The molecule has 1 N–H and O–H groups in total. The average Bonchev–Trinajstić information content (AvgIpc) is 2.67. The Hall–Kier alpha value is -3.27. The largest absolute Gasteiger partial charge is 0.462 e. The van der Waals surface area contributed by atoms with Crippen molar-refractivity contribution in [2.24, 2.45) is 0 Å². The van der Waals surface area contributed by atoms with E-state index in [4.69, 9.17) is 4.74 Å². The van der Waals surface area contributed by atoms with Crippen LogP contribution in [0.4, 0.5) is 11.4 Å². The molecule has 0 radical (unpaired) electrons. The minimum atomic E-state index is -3.75. The number of non-ortho nitro benzene ring substituents is 1. The zero-order chi connectivity index (χ0) is 21.6. The number of nitrogens with one attached hydrogen (secondary N) is 1. The minimum absolute atomic E-state index is 0.178. The van der Waals surface area contributed by atoms with Crippen molar-refractivity contribution in [3.05, 3.63) is 63.7 Å². The Bertz CT molecular complexity index is 1030. The van der Waals surface area contributed by atoms with E-state index in [0.29, 0.717) is 17.9 Å². The smallest absolute Gasteiger partial charge is 0.338 e. The van der Waals surface area contributed by atoms with Gasteiger partial charge < -0.3 is 10.1 Å². The van der Waals surface area contributed by atoms with E-state index in [1.807, 2.05) is 6.92 Å². The van der Waals surface area contributed by atoms with Crippen molar-refractivity contribution >= 4 is 33.1 Å². The number of nitrogens with zero attached hydrogens (tertiary/aromatic N) is 1. The van der Waals surface area contributed by atoms with E-state index in [0.717, 1.165) is 37.3 Å². The van der Waals surface area contributed by atoms with Crippen LogP contribution in [0.15, 0.2) is 47.4 Å². The molecule has 0 aromatic heterocycles. The third-order valence-corrected chi connectivity index (χ3v) is 4.99. The molecular formula is C19H20N2O7S. The fourth-order valence-electron chi connectivity index (χ4n) is 2.32. The molecule has 154 valence electrons. The highest BCUT2D eigenvalue weighted by atomic mass is 32.2. The van der Waals surface area contributed by atoms with E-state index < -0.39 is 32.3 Å². The molecular weight excluding hydrogens is 400 g/mol. The van der Waals surface area contributed by atoms with Gasteiger partial charge in [-0.15, -0.1) is 0 Å². The fraction of sp³-hybridized carbons (Fsp3) is 0.263. The van der Waals surface area contributed by atoms with Crippen LogP contribution in [-0.4, -0.2) is 38.1 Å². The molecule has 0 aliphatic rings. The van der Waals surface area contributed by atoms with Crippen molar-refractivity contribution in [3.8, 4) is 0 Å². The molecule has 0 aliphatic carbocycles. The second-order valence-corrected chi connectivity index (χ2v) is 8.28. The number of carbonyl (C=O) groups excluding carboxylic acids is 2. The van der Waals surface area contributed by atoms with E-state index >= 15 is 0 Å². The summed E-state index contributed by atoms with van der Waals surface area (Å²) in [5.74, 6) is -1.20. The number of benzene rings is 2. The van der Waals surface area contributed by atoms with E-state index in [-0.39, 0.29) is 10.5 Å². The SMILES string of the molecule is CCCCOC(=O)c1ccc(NC(=O)c2cc([N+](=O)[O-])cc(S(C)(=O)=O)c2)cc1. The number of amides is 1. The molecule has 0 saturated carbocycles. The molecule has 0 spiro atoms. The predicted molar refractivity (Wildman–Crippen MR) is 106 cm³/mol. The molecule has 2 aromatic rings. The van der Waals surface area contributed by atoms with Crippen molar-refractivity contribution in [1.29, 1.82) is 0 Å². The van der Waals surface area contributed by atoms with Crippen molar-refractivity contribution in [3.63, 3.8) is 0 Å². The molecule has 1 amide bonds. The Kier molecular flexibility index (Phi) is 7.05. The summed E-state index contributed by atoms with van der Waals surface area (Å²) in [6.07, 6.45) is 2.56. The normalized spacial score (nSPS) is 11.0. The highest BCUT2D eigenvalue weighted by Gasteiger charge is 2.19. The number of ether oxygens (including phenoxy) is 1. The predicted octanol–water partition coefficient (Wildman–Crippen LogP) is 3.21. The quantitative estimate of drug-likeness (QED) is 0.300. The summed E-state index contributed by atoms with van der Waals surface area (Å²) in [5.41, 5.74) is -0.0488. The number of rotatable bonds is 8. The summed E-state index contributed by atoms with van der Waals surface area (Å²) in [6, 6.07) is 8.84. The van der Waals surface area contributed by atoms with Gasteiger partial charge in [0.15, 0.2) is 9.84 Å². The monoisotopic (exact) mass is 420 g/mol. The molecule has 0 fully saturated rings. The van der Waals surface area contributed by atoms with Crippen molar-refractivity contribution in [2.75, 3.05) is 18.2 Å². The van der Waals surface area contributed by atoms with Crippen molar-refractivity contribution < 1.29 is 27.7 Å². The first-order valence-electron chi connectivity index (χ1n) is 8.70. The van der Waals surface area contributed by atoms with Crippen LogP contribution in [0.1, 0.15) is 40.5 Å². The number of nitro benzene ring substituents is 1. The van der Waals surface area contributed by atoms with Crippen LogP contribution in [0.25, 0.3) is 0 Å². The summed E-state index contributed by atoms with van der Waals surface area (Å²) in [6.45, 7) is 2.30. The highest BCUT2D eigenvalue weighted by molar-refractivity contribution is 7.90. The summed E-state index contributed by atoms with van der Waals surface area (Å²) in [5, 5.41) is 13.6. The fourth-order valence-corrected chi connectivity index (χ4v) is 3.00. The first-order chi connectivity index (χ1) is 13.6. The zero-order valence-corrected chi connectivity index (χ0v) is 16.7. The molecule has 0 unspecified atom stereocenters. The third-order valence-electron chi connectivity index (χ3n) is 3.90. The summed E-state index contributed by atoms with van der Waals surface area (Å²) in [4.78, 5) is 34.3. The lowest BCUT2D eigenvalue weighted by Crippen LogP contribution is -2.14. The Morgan fingerprint density at radius 3 is 2.31 bits per heavy atom.